The molecular weight excluding hydrogens is 395 g/mol. The van der Waals surface area contributed by atoms with Gasteiger partial charge in [-0.1, -0.05) is 42.5 Å². The SMILES string of the molecule is O=C(Nc1nc2n(n1)[C@H](c1ccc(F)cc1)C=C(c1ccccc1)N2)c1cccnc1. The summed E-state index contributed by atoms with van der Waals surface area (Å²) in [6, 6.07) is 19.1. The molecule has 152 valence electrons. The van der Waals surface area contributed by atoms with E-state index < -0.39 is 0 Å². The average Bonchev–Trinajstić information content (AvgIpc) is 3.22. The van der Waals surface area contributed by atoms with E-state index in [0.29, 0.717) is 11.5 Å². The molecule has 2 aromatic heterocycles. The van der Waals surface area contributed by atoms with Gasteiger partial charge in [-0.3, -0.25) is 15.1 Å². The van der Waals surface area contributed by atoms with Gasteiger partial charge in [0, 0.05) is 18.1 Å². The highest BCUT2D eigenvalue weighted by Crippen LogP contribution is 2.33. The molecule has 0 unspecified atom stereocenters. The second kappa shape index (κ2) is 7.83. The van der Waals surface area contributed by atoms with Crippen LogP contribution in [0.1, 0.15) is 27.5 Å². The van der Waals surface area contributed by atoms with Crippen molar-refractivity contribution in [3.05, 3.63) is 108 Å². The van der Waals surface area contributed by atoms with Crippen molar-refractivity contribution in [1.82, 2.24) is 19.7 Å². The van der Waals surface area contributed by atoms with Crippen LogP contribution in [-0.4, -0.2) is 25.7 Å². The second-order valence-corrected chi connectivity index (χ2v) is 6.97. The van der Waals surface area contributed by atoms with Gasteiger partial charge in [0.05, 0.1) is 5.56 Å². The maximum atomic E-state index is 13.5. The Kier molecular flexibility index (Phi) is 4.72. The summed E-state index contributed by atoms with van der Waals surface area (Å²) in [5, 5.41) is 10.5. The van der Waals surface area contributed by atoms with Crippen molar-refractivity contribution in [1.29, 1.82) is 0 Å². The monoisotopic (exact) mass is 412 g/mol. The average molecular weight is 412 g/mol. The highest BCUT2D eigenvalue weighted by atomic mass is 19.1. The molecule has 3 heterocycles. The van der Waals surface area contributed by atoms with Crippen LogP contribution in [0.25, 0.3) is 5.70 Å². The Hall–Kier alpha value is -4.33. The van der Waals surface area contributed by atoms with Crippen LogP contribution >= 0.6 is 0 Å². The first kappa shape index (κ1) is 18.7. The summed E-state index contributed by atoms with van der Waals surface area (Å²) in [4.78, 5) is 20.9. The Bertz CT molecular complexity index is 1250. The fraction of sp³-hybridized carbons (Fsp3) is 0.0435. The van der Waals surface area contributed by atoms with Gasteiger partial charge in [0.15, 0.2) is 0 Å². The molecule has 1 aliphatic heterocycles. The number of rotatable bonds is 4. The van der Waals surface area contributed by atoms with Crippen LogP contribution in [0.2, 0.25) is 0 Å². The summed E-state index contributed by atoms with van der Waals surface area (Å²) in [5.41, 5.74) is 3.07. The number of hydrogen-bond acceptors (Lipinski definition) is 5. The number of nitrogens with zero attached hydrogens (tertiary/aromatic N) is 4. The molecule has 1 amide bonds. The zero-order valence-electron chi connectivity index (χ0n) is 16.2. The highest BCUT2D eigenvalue weighted by molar-refractivity contribution is 6.03. The van der Waals surface area contributed by atoms with Crippen molar-refractivity contribution in [2.24, 2.45) is 0 Å². The van der Waals surface area contributed by atoms with Crippen molar-refractivity contribution in [3.63, 3.8) is 0 Å². The van der Waals surface area contributed by atoms with E-state index in [-0.39, 0.29) is 23.7 Å². The molecule has 0 radical (unpaired) electrons. The smallest absolute Gasteiger partial charge is 0.259 e. The van der Waals surface area contributed by atoms with Gasteiger partial charge < -0.3 is 5.32 Å². The number of hydrogen-bond donors (Lipinski definition) is 2. The van der Waals surface area contributed by atoms with E-state index in [2.05, 4.69) is 25.7 Å². The lowest BCUT2D eigenvalue weighted by atomic mass is 10.0. The first-order valence-electron chi connectivity index (χ1n) is 9.65. The second-order valence-electron chi connectivity index (χ2n) is 6.97. The molecule has 0 fully saturated rings. The molecule has 2 N–H and O–H groups in total. The van der Waals surface area contributed by atoms with Crippen molar-refractivity contribution in [3.8, 4) is 0 Å². The summed E-state index contributed by atoms with van der Waals surface area (Å²) in [6.45, 7) is 0. The van der Waals surface area contributed by atoms with Crippen molar-refractivity contribution in [2.45, 2.75) is 6.04 Å². The maximum absolute atomic E-state index is 13.5. The standard InChI is InChI=1S/C23H17FN6O/c24-18-10-8-16(9-11-18)20-13-19(15-5-2-1-3-6-15)26-23-28-22(29-30(20)23)27-21(31)17-7-4-12-25-14-17/h1-14,20H,(H2,26,27,28,29,31)/t20-/m0/s1. The fourth-order valence-corrected chi connectivity index (χ4v) is 3.40. The van der Waals surface area contributed by atoms with Gasteiger partial charge in [-0.25, -0.2) is 9.07 Å². The largest absolute Gasteiger partial charge is 0.324 e. The number of aromatic nitrogens is 4. The summed E-state index contributed by atoms with van der Waals surface area (Å²) < 4.78 is 15.2. The van der Waals surface area contributed by atoms with E-state index in [0.717, 1.165) is 16.8 Å². The minimum atomic E-state index is -0.356. The number of pyridine rings is 1. The van der Waals surface area contributed by atoms with Gasteiger partial charge in [-0.15, -0.1) is 5.10 Å². The van der Waals surface area contributed by atoms with Crippen LogP contribution < -0.4 is 10.6 Å². The third kappa shape index (κ3) is 3.78. The van der Waals surface area contributed by atoms with Crippen molar-refractivity contribution in [2.75, 3.05) is 10.6 Å². The maximum Gasteiger partial charge on any atom is 0.259 e. The topological polar surface area (TPSA) is 84.7 Å². The van der Waals surface area contributed by atoms with Gasteiger partial charge in [0.2, 0.25) is 5.95 Å². The minimum absolute atomic E-state index is 0.158. The number of nitrogens with one attached hydrogen (secondary N) is 2. The number of carbonyl (C=O) groups excluding carboxylic acids is 1. The van der Waals surface area contributed by atoms with Gasteiger partial charge >= 0.3 is 0 Å². The highest BCUT2D eigenvalue weighted by Gasteiger charge is 2.26. The lowest BCUT2D eigenvalue weighted by Crippen LogP contribution is -2.20. The van der Waals surface area contributed by atoms with Gasteiger partial charge in [-0.05, 0) is 41.5 Å². The van der Waals surface area contributed by atoms with Crippen LogP contribution in [0.4, 0.5) is 16.3 Å². The molecule has 1 atom stereocenters. The summed E-state index contributed by atoms with van der Waals surface area (Å²) in [6.07, 6.45) is 5.06. The van der Waals surface area contributed by atoms with E-state index in [1.165, 1.54) is 18.3 Å². The molecule has 7 nitrogen and oxygen atoms in total. The molecular formula is C23H17FN6O. The van der Waals surface area contributed by atoms with Crippen LogP contribution in [0.3, 0.4) is 0 Å². The molecule has 5 rings (SSSR count). The summed E-state index contributed by atoms with van der Waals surface area (Å²) in [7, 11) is 0. The predicted octanol–water partition coefficient (Wildman–Crippen LogP) is 4.12. The van der Waals surface area contributed by atoms with Crippen LogP contribution in [0.15, 0.2) is 85.2 Å². The minimum Gasteiger partial charge on any atom is -0.324 e. The number of anilines is 2. The Balaban J connectivity index is 1.51. The number of amides is 1. The van der Waals surface area contributed by atoms with Crippen LogP contribution in [0, 0.1) is 5.82 Å². The molecule has 8 heteroatoms. The number of halogens is 1. The van der Waals surface area contributed by atoms with Crippen molar-refractivity contribution >= 4 is 23.5 Å². The summed E-state index contributed by atoms with van der Waals surface area (Å²) >= 11 is 0. The fourth-order valence-electron chi connectivity index (χ4n) is 3.40. The molecule has 1 aliphatic rings. The lowest BCUT2D eigenvalue weighted by molar-refractivity contribution is 0.102. The van der Waals surface area contributed by atoms with Gasteiger partial charge in [0.1, 0.15) is 11.9 Å². The van der Waals surface area contributed by atoms with Gasteiger partial charge in [0.25, 0.3) is 11.9 Å². The van der Waals surface area contributed by atoms with Gasteiger partial charge in [-0.2, -0.15) is 4.98 Å². The molecule has 0 saturated heterocycles. The third-order valence-corrected chi connectivity index (χ3v) is 4.91. The summed E-state index contributed by atoms with van der Waals surface area (Å²) in [5.74, 6) is -0.0397. The zero-order chi connectivity index (χ0) is 21.2. The quantitative estimate of drug-likeness (QED) is 0.527. The Morgan fingerprint density at radius 2 is 1.84 bits per heavy atom. The molecule has 0 aliphatic carbocycles. The van der Waals surface area contributed by atoms with E-state index in [4.69, 9.17) is 0 Å². The van der Waals surface area contributed by atoms with Crippen LogP contribution in [0.5, 0.6) is 0 Å². The van der Waals surface area contributed by atoms with E-state index in [9.17, 15) is 9.18 Å². The number of fused-ring (bicyclic) bond motifs is 1. The number of allylic oxidation sites excluding steroid dienone is 1. The van der Waals surface area contributed by atoms with E-state index in [1.54, 1.807) is 35.1 Å². The number of benzene rings is 2. The molecule has 0 spiro atoms. The molecule has 0 saturated carbocycles. The predicted molar refractivity (Wildman–Crippen MR) is 115 cm³/mol. The Morgan fingerprint density at radius 1 is 1.03 bits per heavy atom. The molecule has 2 aromatic carbocycles. The first-order chi connectivity index (χ1) is 15.2. The molecule has 4 aromatic rings. The van der Waals surface area contributed by atoms with Crippen molar-refractivity contribution < 1.29 is 9.18 Å². The first-order valence-corrected chi connectivity index (χ1v) is 9.65. The Morgan fingerprint density at radius 3 is 2.58 bits per heavy atom. The van der Waals surface area contributed by atoms with E-state index in [1.807, 2.05) is 36.4 Å². The lowest BCUT2D eigenvalue weighted by Gasteiger charge is -2.24. The normalized spacial score (nSPS) is 14.9. The number of carbonyl (C=O) groups is 1. The Labute approximate surface area is 177 Å². The zero-order valence-corrected chi connectivity index (χ0v) is 16.2. The molecule has 31 heavy (non-hydrogen) atoms. The third-order valence-electron chi connectivity index (χ3n) is 4.91. The molecule has 0 bridgehead atoms. The van der Waals surface area contributed by atoms with E-state index >= 15 is 0 Å². The van der Waals surface area contributed by atoms with Crippen LogP contribution in [-0.2, 0) is 0 Å².